The minimum atomic E-state index is -0.253. The summed E-state index contributed by atoms with van der Waals surface area (Å²) in [7, 11) is 0. The molecule has 0 atom stereocenters. The van der Waals surface area contributed by atoms with Gasteiger partial charge < -0.3 is 20.5 Å². The van der Waals surface area contributed by atoms with E-state index in [1.165, 1.54) is 0 Å². The molecule has 0 saturated heterocycles. The molecule has 1 aromatic rings. The number of nitrogens with zero attached hydrogens (tertiary/aromatic N) is 4. The highest BCUT2D eigenvalue weighted by molar-refractivity contribution is 7.98. The van der Waals surface area contributed by atoms with Gasteiger partial charge in [0.05, 0.1) is 0 Å². The largest absolute Gasteiger partial charge is 0.356 e. The molecule has 8 nitrogen and oxygen atoms in total. The van der Waals surface area contributed by atoms with Gasteiger partial charge in [0, 0.05) is 31.6 Å². The van der Waals surface area contributed by atoms with Gasteiger partial charge in [0.15, 0.2) is 5.96 Å². The third-order valence-electron chi connectivity index (χ3n) is 3.37. The molecule has 3 N–H and O–H groups in total. The molecule has 1 rings (SSSR count). The smallest absolute Gasteiger partial charge is 0.242 e. The van der Waals surface area contributed by atoms with Gasteiger partial charge in [0.25, 0.3) is 0 Å². The molecule has 9 heteroatoms. The standard InChI is InChI=1S/C17H33N7OS/c1-6-14-23-21-13-24(14)10-9-19-16(18-8-7-11-26-5)20-12-15(25)22-17(2,3)4/h13H,6-12H2,1-5H3,(H,22,25)(H2,18,19,20). The maximum absolute atomic E-state index is 12.0. The number of carbonyl (C=O) groups is 1. The van der Waals surface area contributed by atoms with Gasteiger partial charge in [-0.3, -0.25) is 4.79 Å². The molecule has 0 radical (unpaired) electrons. The zero-order valence-electron chi connectivity index (χ0n) is 16.6. The predicted octanol–water partition coefficient (Wildman–Crippen LogP) is 1.04. The second-order valence-electron chi connectivity index (χ2n) is 6.96. The predicted molar refractivity (Wildman–Crippen MR) is 109 cm³/mol. The van der Waals surface area contributed by atoms with Crippen molar-refractivity contribution in [1.82, 2.24) is 30.7 Å². The van der Waals surface area contributed by atoms with Crippen LogP contribution in [0.2, 0.25) is 0 Å². The summed E-state index contributed by atoms with van der Waals surface area (Å²) in [5.41, 5.74) is -0.253. The van der Waals surface area contributed by atoms with Crippen molar-refractivity contribution < 1.29 is 4.79 Å². The van der Waals surface area contributed by atoms with Crippen LogP contribution in [-0.4, -0.2) is 63.8 Å². The first-order valence-electron chi connectivity index (χ1n) is 9.04. The van der Waals surface area contributed by atoms with Crippen LogP contribution < -0.4 is 16.0 Å². The summed E-state index contributed by atoms with van der Waals surface area (Å²) in [5, 5.41) is 17.5. The van der Waals surface area contributed by atoms with Gasteiger partial charge in [-0.15, -0.1) is 10.2 Å². The molecule has 0 unspecified atom stereocenters. The first kappa shape index (κ1) is 22.3. The Balaban J connectivity index is 2.53. The van der Waals surface area contributed by atoms with Gasteiger partial charge in [0.2, 0.25) is 5.91 Å². The number of nitrogens with one attached hydrogen (secondary N) is 3. The Bertz CT molecular complexity index is 566. The molecular weight excluding hydrogens is 350 g/mol. The molecule has 0 aromatic carbocycles. The summed E-state index contributed by atoms with van der Waals surface area (Å²) in [6.45, 7) is 10.3. The lowest BCUT2D eigenvalue weighted by molar-refractivity contribution is -0.121. The van der Waals surface area contributed by atoms with Crippen molar-refractivity contribution in [3.05, 3.63) is 12.2 Å². The van der Waals surface area contributed by atoms with Gasteiger partial charge in [-0.25, -0.2) is 4.99 Å². The molecule has 0 spiro atoms. The SMILES string of the molecule is CCc1nncn1CCNC(=NCC(=O)NC(C)(C)C)NCCCSC. The van der Waals surface area contributed by atoms with E-state index in [0.717, 1.165) is 37.5 Å². The Morgan fingerprint density at radius 2 is 2.04 bits per heavy atom. The fraction of sp³-hybridized carbons (Fsp3) is 0.765. The number of hydrogen-bond acceptors (Lipinski definition) is 5. The van der Waals surface area contributed by atoms with E-state index in [1.807, 2.05) is 37.1 Å². The van der Waals surface area contributed by atoms with Crippen molar-refractivity contribution in [2.75, 3.05) is 31.6 Å². The lowest BCUT2D eigenvalue weighted by atomic mass is 10.1. The number of hydrogen-bond donors (Lipinski definition) is 3. The van der Waals surface area contributed by atoms with Crippen molar-refractivity contribution in [2.45, 2.75) is 52.6 Å². The second-order valence-corrected chi connectivity index (χ2v) is 7.94. The minimum absolute atomic E-state index is 0.0882. The van der Waals surface area contributed by atoms with Crippen molar-refractivity contribution in [2.24, 2.45) is 4.99 Å². The van der Waals surface area contributed by atoms with Crippen molar-refractivity contribution >= 4 is 23.6 Å². The average molecular weight is 384 g/mol. The number of aryl methyl sites for hydroxylation is 1. The number of carbonyl (C=O) groups excluding carboxylic acids is 1. The Labute approximate surface area is 161 Å². The topological polar surface area (TPSA) is 96.2 Å². The van der Waals surface area contributed by atoms with Gasteiger partial charge in [-0.05, 0) is 39.2 Å². The summed E-state index contributed by atoms with van der Waals surface area (Å²) in [6, 6.07) is 0. The Kier molecular flexibility index (Phi) is 10.1. The number of rotatable bonds is 10. The van der Waals surface area contributed by atoms with Crippen LogP contribution in [0, 0.1) is 0 Å². The number of aliphatic imine (C=N–C) groups is 1. The molecule has 0 saturated carbocycles. The highest BCUT2D eigenvalue weighted by atomic mass is 32.2. The molecule has 26 heavy (non-hydrogen) atoms. The third-order valence-corrected chi connectivity index (χ3v) is 4.07. The quantitative estimate of drug-likeness (QED) is 0.317. The highest BCUT2D eigenvalue weighted by Gasteiger charge is 2.13. The van der Waals surface area contributed by atoms with Crippen LogP contribution in [0.15, 0.2) is 11.3 Å². The van der Waals surface area contributed by atoms with Crippen LogP contribution in [0.1, 0.15) is 39.9 Å². The fourth-order valence-corrected chi connectivity index (χ4v) is 2.67. The maximum Gasteiger partial charge on any atom is 0.242 e. The molecule has 0 aliphatic carbocycles. The van der Waals surface area contributed by atoms with Gasteiger partial charge >= 0.3 is 0 Å². The van der Waals surface area contributed by atoms with Gasteiger partial charge in [-0.2, -0.15) is 11.8 Å². The molecule has 1 heterocycles. The summed E-state index contributed by atoms with van der Waals surface area (Å²) in [5.74, 6) is 2.62. The Morgan fingerprint density at radius 3 is 2.69 bits per heavy atom. The summed E-state index contributed by atoms with van der Waals surface area (Å²) >= 11 is 1.82. The van der Waals surface area contributed by atoms with Crippen LogP contribution in [0.25, 0.3) is 0 Å². The van der Waals surface area contributed by atoms with E-state index in [1.54, 1.807) is 6.33 Å². The number of amides is 1. The zero-order chi connectivity index (χ0) is 19.4. The molecule has 0 fully saturated rings. The fourth-order valence-electron chi connectivity index (χ4n) is 2.24. The van der Waals surface area contributed by atoms with E-state index in [9.17, 15) is 4.79 Å². The summed E-state index contributed by atoms with van der Waals surface area (Å²) in [6.07, 6.45) is 5.72. The Hall–Kier alpha value is -1.77. The monoisotopic (exact) mass is 383 g/mol. The van der Waals surface area contributed by atoms with Gasteiger partial charge in [-0.1, -0.05) is 6.92 Å². The number of guanidine groups is 1. The molecule has 0 bridgehead atoms. The minimum Gasteiger partial charge on any atom is -0.356 e. The first-order valence-corrected chi connectivity index (χ1v) is 10.4. The second kappa shape index (κ2) is 11.8. The lowest BCUT2D eigenvalue weighted by Gasteiger charge is -2.20. The molecule has 1 amide bonds. The lowest BCUT2D eigenvalue weighted by Crippen LogP contribution is -2.43. The molecular formula is C17H33N7OS. The third kappa shape index (κ3) is 9.65. The van der Waals surface area contributed by atoms with Crippen molar-refractivity contribution in [3.8, 4) is 0 Å². The molecule has 148 valence electrons. The van der Waals surface area contributed by atoms with Crippen LogP contribution >= 0.6 is 11.8 Å². The van der Waals surface area contributed by atoms with E-state index < -0.39 is 0 Å². The van der Waals surface area contributed by atoms with E-state index in [0.29, 0.717) is 12.5 Å². The summed E-state index contributed by atoms with van der Waals surface area (Å²) in [4.78, 5) is 16.4. The van der Waals surface area contributed by atoms with Crippen LogP contribution in [0.4, 0.5) is 0 Å². The molecule has 1 aromatic heterocycles. The number of aromatic nitrogens is 3. The van der Waals surface area contributed by atoms with Crippen LogP contribution in [0.3, 0.4) is 0 Å². The van der Waals surface area contributed by atoms with Crippen LogP contribution in [-0.2, 0) is 17.8 Å². The zero-order valence-corrected chi connectivity index (χ0v) is 17.4. The van der Waals surface area contributed by atoms with Crippen molar-refractivity contribution in [3.63, 3.8) is 0 Å². The first-order chi connectivity index (χ1) is 12.4. The van der Waals surface area contributed by atoms with E-state index >= 15 is 0 Å². The van der Waals surface area contributed by atoms with E-state index in [4.69, 9.17) is 0 Å². The van der Waals surface area contributed by atoms with Crippen molar-refractivity contribution in [1.29, 1.82) is 0 Å². The molecule has 0 aliphatic heterocycles. The maximum atomic E-state index is 12.0. The van der Waals surface area contributed by atoms with E-state index in [2.05, 4.69) is 44.3 Å². The van der Waals surface area contributed by atoms with Gasteiger partial charge in [0.1, 0.15) is 18.7 Å². The van der Waals surface area contributed by atoms with Crippen LogP contribution in [0.5, 0.6) is 0 Å². The highest BCUT2D eigenvalue weighted by Crippen LogP contribution is 1.98. The Morgan fingerprint density at radius 1 is 1.31 bits per heavy atom. The average Bonchev–Trinajstić information content (AvgIpc) is 3.01. The number of thioether (sulfide) groups is 1. The molecule has 0 aliphatic rings. The summed E-state index contributed by atoms with van der Waals surface area (Å²) < 4.78 is 2.02. The van der Waals surface area contributed by atoms with E-state index in [-0.39, 0.29) is 18.0 Å². The normalized spacial score (nSPS) is 12.1.